The molecule has 18 heavy (non-hydrogen) atoms. The highest BCUT2D eigenvalue weighted by Gasteiger charge is 2.20. The average molecular weight is 268 g/mol. The van der Waals surface area contributed by atoms with Gasteiger partial charge in [0.1, 0.15) is 5.01 Å². The molecule has 0 aliphatic carbocycles. The van der Waals surface area contributed by atoms with Crippen LogP contribution in [0.1, 0.15) is 38.6 Å². The molecule has 1 fully saturated rings. The van der Waals surface area contributed by atoms with Gasteiger partial charge >= 0.3 is 0 Å². The van der Waals surface area contributed by atoms with E-state index >= 15 is 0 Å². The van der Waals surface area contributed by atoms with Crippen LogP contribution >= 0.6 is 11.3 Å². The average Bonchev–Trinajstić information content (AvgIpc) is 2.79. The summed E-state index contributed by atoms with van der Waals surface area (Å²) in [4.78, 5) is 2.57. The first-order valence-electron chi connectivity index (χ1n) is 6.98. The zero-order valence-corrected chi connectivity index (χ0v) is 12.5. The fraction of sp³-hybridized carbons (Fsp3) is 0.846. The van der Waals surface area contributed by atoms with Crippen LogP contribution in [-0.2, 0) is 6.42 Å². The van der Waals surface area contributed by atoms with E-state index < -0.39 is 0 Å². The number of piperidine rings is 1. The van der Waals surface area contributed by atoms with Crippen molar-refractivity contribution in [1.29, 1.82) is 0 Å². The van der Waals surface area contributed by atoms with Crippen molar-refractivity contribution in [2.45, 2.75) is 46.1 Å². The Morgan fingerprint density at radius 1 is 1.33 bits per heavy atom. The quantitative estimate of drug-likeness (QED) is 0.891. The van der Waals surface area contributed by atoms with Gasteiger partial charge in [-0.25, -0.2) is 0 Å². The molecule has 2 rings (SSSR count). The van der Waals surface area contributed by atoms with Crippen molar-refractivity contribution in [2.24, 2.45) is 5.92 Å². The summed E-state index contributed by atoms with van der Waals surface area (Å²) in [5.41, 5.74) is 0. The van der Waals surface area contributed by atoms with Gasteiger partial charge in [-0.1, -0.05) is 32.1 Å². The standard InChI is InChI=1S/C13H24N4S/c1-4-12-15-16-13(18-12)14-11-5-7-17(8-6-11)9-10(2)3/h10-11H,4-9H2,1-3H3,(H,14,16). The van der Waals surface area contributed by atoms with Gasteiger partial charge in [0.15, 0.2) is 0 Å². The first-order chi connectivity index (χ1) is 8.67. The molecule has 0 aromatic carbocycles. The molecule has 1 aliphatic rings. The van der Waals surface area contributed by atoms with Crippen molar-refractivity contribution in [1.82, 2.24) is 15.1 Å². The third-order valence-electron chi connectivity index (χ3n) is 3.31. The van der Waals surface area contributed by atoms with E-state index in [4.69, 9.17) is 0 Å². The van der Waals surface area contributed by atoms with Gasteiger partial charge < -0.3 is 10.2 Å². The molecule has 0 atom stereocenters. The first-order valence-corrected chi connectivity index (χ1v) is 7.80. The molecule has 1 N–H and O–H groups in total. The van der Waals surface area contributed by atoms with Crippen molar-refractivity contribution in [2.75, 3.05) is 25.0 Å². The predicted molar refractivity (Wildman–Crippen MR) is 77.2 cm³/mol. The van der Waals surface area contributed by atoms with Gasteiger partial charge in [-0.05, 0) is 25.2 Å². The van der Waals surface area contributed by atoms with Crippen LogP contribution in [-0.4, -0.2) is 40.8 Å². The predicted octanol–water partition coefficient (Wildman–Crippen LogP) is 2.63. The maximum Gasteiger partial charge on any atom is 0.205 e. The zero-order valence-electron chi connectivity index (χ0n) is 11.6. The van der Waals surface area contributed by atoms with Gasteiger partial charge in [0.05, 0.1) is 0 Å². The van der Waals surface area contributed by atoms with E-state index in [9.17, 15) is 0 Å². The maximum absolute atomic E-state index is 4.19. The topological polar surface area (TPSA) is 41.1 Å². The number of hydrogen-bond donors (Lipinski definition) is 1. The summed E-state index contributed by atoms with van der Waals surface area (Å²) in [5.74, 6) is 0.768. The van der Waals surface area contributed by atoms with Crippen LogP contribution in [0.2, 0.25) is 0 Å². The third-order valence-corrected chi connectivity index (χ3v) is 4.31. The molecular formula is C13H24N4S. The van der Waals surface area contributed by atoms with Crippen molar-refractivity contribution in [3.8, 4) is 0 Å². The normalized spacial score (nSPS) is 18.4. The molecule has 5 heteroatoms. The number of aromatic nitrogens is 2. The number of anilines is 1. The molecule has 4 nitrogen and oxygen atoms in total. The first kappa shape index (κ1) is 13.7. The van der Waals surface area contributed by atoms with E-state index in [2.05, 4.69) is 41.2 Å². The van der Waals surface area contributed by atoms with Crippen LogP contribution in [0.3, 0.4) is 0 Å². The highest BCUT2D eigenvalue weighted by atomic mass is 32.1. The number of nitrogens with zero attached hydrogens (tertiary/aromatic N) is 3. The van der Waals surface area contributed by atoms with Crippen molar-refractivity contribution >= 4 is 16.5 Å². The molecule has 102 valence electrons. The highest BCUT2D eigenvalue weighted by molar-refractivity contribution is 7.15. The number of rotatable bonds is 5. The molecule has 1 aromatic heterocycles. The maximum atomic E-state index is 4.19. The Kier molecular flexibility index (Phi) is 4.95. The monoisotopic (exact) mass is 268 g/mol. The SMILES string of the molecule is CCc1nnc(NC2CCN(CC(C)C)CC2)s1. The number of likely N-dealkylation sites (tertiary alicyclic amines) is 1. The Morgan fingerprint density at radius 3 is 2.61 bits per heavy atom. The lowest BCUT2D eigenvalue weighted by molar-refractivity contribution is 0.198. The summed E-state index contributed by atoms with van der Waals surface area (Å²) in [6, 6.07) is 0.575. The molecule has 0 saturated carbocycles. The van der Waals surface area contributed by atoms with Crippen molar-refractivity contribution < 1.29 is 0 Å². The summed E-state index contributed by atoms with van der Waals surface area (Å²) in [5, 5.41) is 14.0. The second-order valence-corrected chi connectivity index (χ2v) is 6.53. The van der Waals surface area contributed by atoms with Crippen LogP contribution in [0.25, 0.3) is 0 Å². The molecule has 0 spiro atoms. The lowest BCUT2D eigenvalue weighted by Crippen LogP contribution is -2.40. The van der Waals surface area contributed by atoms with E-state index in [1.165, 1.54) is 32.5 Å². The summed E-state index contributed by atoms with van der Waals surface area (Å²) in [6.07, 6.45) is 3.41. The largest absolute Gasteiger partial charge is 0.357 e. The van der Waals surface area contributed by atoms with E-state index in [-0.39, 0.29) is 0 Å². The van der Waals surface area contributed by atoms with Gasteiger partial charge in [0.25, 0.3) is 0 Å². The van der Waals surface area contributed by atoms with Crippen molar-refractivity contribution in [3.63, 3.8) is 0 Å². The summed E-state index contributed by atoms with van der Waals surface area (Å²) in [6.45, 7) is 10.3. The molecule has 0 unspecified atom stereocenters. The Hall–Kier alpha value is -0.680. The smallest absolute Gasteiger partial charge is 0.205 e. The molecule has 0 amide bonds. The third kappa shape index (κ3) is 3.92. The number of hydrogen-bond acceptors (Lipinski definition) is 5. The van der Waals surface area contributed by atoms with Gasteiger partial charge in [0.2, 0.25) is 5.13 Å². The second kappa shape index (κ2) is 6.48. The summed E-state index contributed by atoms with van der Waals surface area (Å²) < 4.78 is 0. The summed E-state index contributed by atoms with van der Waals surface area (Å²) >= 11 is 1.69. The molecule has 2 heterocycles. The minimum Gasteiger partial charge on any atom is -0.357 e. The summed E-state index contributed by atoms with van der Waals surface area (Å²) in [7, 11) is 0. The molecule has 0 radical (unpaired) electrons. The Morgan fingerprint density at radius 2 is 2.06 bits per heavy atom. The van der Waals surface area contributed by atoms with Gasteiger partial charge in [-0.3, -0.25) is 0 Å². The lowest BCUT2D eigenvalue weighted by Gasteiger charge is -2.33. The minimum absolute atomic E-state index is 0.575. The van der Waals surface area contributed by atoms with Crippen LogP contribution in [0.15, 0.2) is 0 Å². The Balaban J connectivity index is 1.76. The van der Waals surface area contributed by atoms with Crippen molar-refractivity contribution in [3.05, 3.63) is 5.01 Å². The van der Waals surface area contributed by atoms with E-state index in [0.29, 0.717) is 6.04 Å². The molecular weight excluding hydrogens is 244 g/mol. The van der Waals surface area contributed by atoms with E-state index in [0.717, 1.165) is 22.5 Å². The molecule has 1 aliphatic heterocycles. The lowest BCUT2D eigenvalue weighted by atomic mass is 10.0. The van der Waals surface area contributed by atoms with Gasteiger partial charge in [-0.15, -0.1) is 10.2 Å². The molecule has 0 bridgehead atoms. The zero-order chi connectivity index (χ0) is 13.0. The van der Waals surface area contributed by atoms with Crippen LogP contribution < -0.4 is 5.32 Å². The van der Waals surface area contributed by atoms with Gasteiger partial charge in [0, 0.05) is 25.7 Å². The fourth-order valence-corrected chi connectivity index (χ4v) is 3.16. The second-order valence-electron chi connectivity index (χ2n) is 5.47. The highest BCUT2D eigenvalue weighted by Crippen LogP contribution is 2.20. The van der Waals surface area contributed by atoms with Crippen LogP contribution in [0.5, 0.6) is 0 Å². The van der Waals surface area contributed by atoms with Crippen LogP contribution in [0.4, 0.5) is 5.13 Å². The fourth-order valence-electron chi connectivity index (χ4n) is 2.41. The Bertz CT molecular complexity index is 356. The van der Waals surface area contributed by atoms with E-state index in [1.54, 1.807) is 11.3 Å². The van der Waals surface area contributed by atoms with Crippen LogP contribution in [0, 0.1) is 5.92 Å². The van der Waals surface area contributed by atoms with Gasteiger partial charge in [-0.2, -0.15) is 0 Å². The number of aryl methyl sites for hydroxylation is 1. The number of nitrogens with one attached hydrogen (secondary N) is 1. The Labute approximate surface area is 114 Å². The molecule has 1 aromatic rings. The molecule has 1 saturated heterocycles. The van der Waals surface area contributed by atoms with E-state index in [1.807, 2.05) is 0 Å². The minimum atomic E-state index is 0.575.